The quantitative estimate of drug-likeness (QED) is 0.361. The summed E-state index contributed by atoms with van der Waals surface area (Å²) in [6, 6.07) is 0. The third-order valence-electron chi connectivity index (χ3n) is 1.80. The Morgan fingerprint density at radius 3 is 2.67 bits per heavy atom. The van der Waals surface area contributed by atoms with Crippen molar-refractivity contribution in [2.75, 3.05) is 6.61 Å². The number of epoxide rings is 1. The van der Waals surface area contributed by atoms with Gasteiger partial charge in [-0.25, -0.2) is 4.79 Å². The maximum atomic E-state index is 10.9. The van der Waals surface area contributed by atoms with E-state index in [1.165, 1.54) is 6.08 Å². The van der Waals surface area contributed by atoms with Crippen LogP contribution in [0.2, 0.25) is 0 Å². The Bertz CT molecular complexity index is 180. The molecule has 1 aliphatic rings. The van der Waals surface area contributed by atoms with Crippen molar-refractivity contribution in [2.24, 2.45) is 5.92 Å². The molecule has 0 aromatic heterocycles. The van der Waals surface area contributed by atoms with Gasteiger partial charge in [0.2, 0.25) is 0 Å². The normalized spacial score (nSPS) is 23.4. The highest BCUT2D eigenvalue weighted by atomic mass is 16.6. The van der Waals surface area contributed by atoms with E-state index in [-0.39, 0.29) is 18.2 Å². The maximum absolute atomic E-state index is 10.9. The third-order valence-corrected chi connectivity index (χ3v) is 1.80. The van der Waals surface area contributed by atoms with Crippen LogP contribution < -0.4 is 0 Å². The van der Waals surface area contributed by atoms with Gasteiger partial charge in [-0.05, 0) is 5.92 Å². The van der Waals surface area contributed by atoms with E-state index in [2.05, 4.69) is 6.58 Å². The summed E-state index contributed by atoms with van der Waals surface area (Å²) in [7, 11) is 0. The SMILES string of the molecule is C=CC(=O)OC(C(C)C)C1CO1. The molecule has 0 spiro atoms. The van der Waals surface area contributed by atoms with Crippen molar-refractivity contribution < 1.29 is 14.3 Å². The number of hydrogen-bond acceptors (Lipinski definition) is 3. The van der Waals surface area contributed by atoms with Crippen LogP contribution in [0.15, 0.2) is 12.7 Å². The fraction of sp³-hybridized carbons (Fsp3) is 0.667. The highest BCUT2D eigenvalue weighted by Gasteiger charge is 2.37. The zero-order chi connectivity index (χ0) is 9.14. The molecule has 3 heteroatoms. The minimum absolute atomic E-state index is 0.105. The fourth-order valence-corrected chi connectivity index (χ4v) is 1.07. The van der Waals surface area contributed by atoms with Crippen LogP contribution in [0, 0.1) is 5.92 Å². The Balaban J connectivity index is 2.42. The van der Waals surface area contributed by atoms with Gasteiger partial charge in [0.1, 0.15) is 12.2 Å². The molecular formula is C9H14O3. The smallest absolute Gasteiger partial charge is 0.330 e. The molecule has 2 atom stereocenters. The van der Waals surface area contributed by atoms with Crippen LogP contribution in [0.1, 0.15) is 13.8 Å². The van der Waals surface area contributed by atoms with Gasteiger partial charge in [-0.3, -0.25) is 0 Å². The topological polar surface area (TPSA) is 38.8 Å². The minimum atomic E-state index is -0.371. The van der Waals surface area contributed by atoms with Gasteiger partial charge in [0.15, 0.2) is 0 Å². The standard InChI is InChI=1S/C9H14O3/c1-4-8(10)12-9(6(2)3)7-5-11-7/h4,6-7,9H,1,5H2,2-3H3. The van der Waals surface area contributed by atoms with Crippen LogP contribution in [0.25, 0.3) is 0 Å². The molecular weight excluding hydrogens is 156 g/mol. The molecule has 1 aliphatic heterocycles. The molecule has 1 fully saturated rings. The van der Waals surface area contributed by atoms with Crippen LogP contribution >= 0.6 is 0 Å². The first kappa shape index (κ1) is 9.26. The number of hydrogen-bond donors (Lipinski definition) is 0. The molecule has 2 unspecified atom stereocenters. The lowest BCUT2D eigenvalue weighted by Crippen LogP contribution is -2.28. The Morgan fingerprint density at radius 2 is 2.33 bits per heavy atom. The first-order valence-corrected chi connectivity index (χ1v) is 4.09. The predicted molar refractivity (Wildman–Crippen MR) is 44.7 cm³/mol. The van der Waals surface area contributed by atoms with E-state index in [1.807, 2.05) is 13.8 Å². The second-order valence-electron chi connectivity index (χ2n) is 3.22. The molecule has 0 aromatic carbocycles. The summed E-state index contributed by atoms with van der Waals surface area (Å²) in [6.07, 6.45) is 1.17. The Labute approximate surface area is 72.4 Å². The Kier molecular flexibility index (Phi) is 2.87. The van der Waals surface area contributed by atoms with E-state index in [1.54, 1.807) is 0 Å². The molecule has 1 saturated heterocycles. The van der Waals surface area contributed by atoms with Crippen molar-refractivity contribution in [3.05, 3.63) is 12.7 Å². The van der Waals surface area contributed by atoms with E-state index in [0.717, 1.165) is 0 Å². The summed E-state index contributed by atoms with van der Waals surface area (Å²) in [5, 5.41) is 0. The van der Waals surface area contributed by atoms with Crippen LogP contribution in [-0.2, 0) is 14.3 Å². The van der Waals surface area contributed by atoms with E-state index < -0.39 is 0 Å². The fourth-order valence-electron chi connectivity index (χ4n) is 1.07. The largest absolute Gasteiger partial charge is 0.456 e. The average molecular weight is 170 g/mol. The second kappa shape index (κ2) is 3.72. The summed E-state index contributed by atoms with van der Waals surface area (Å²) < 4.78 is 10.2. The van der Waals surface area contributed by atoms with Gasteiger partial charge < -0.3 is 9.47 Å². The summed E-state index contributed by atoms with van der Waals surface area (Å²) >= 11 is 0. The summed E-state index contributed by atoms with van der Waals surface area (Å²) in [5.41, 5.74) is 0. The molecule has 0 radical (unpaired) electrons. The van der Waals surface area contributed by atoms with Crippen molar-refractivity contribution in [3.63, 3.8) is 0 Å². The highest BCUT2D eigenvalue weighted by Crippen LogP contribution is 2.23. The lowest BCUT2D eigenvalue weighted by atomic mass is 10.0. The lowest BCUT2D eigenvalue weighted by molar-refractivity contribution is -0.146. The van der Waals surface area contributed by atoms with E-state index in [4.69, 9.17) is 9.47 Å². The van der Waals surface area contributed by atoms with Gasteiger partial charge in [0.25, 0.3) is 0 Å². The molecule has 0 amide bonds. The number of esters is 1. The van der Waals surface area contributed by atoms with Crippen LogP contribution in [-0.4, -0.2) is 24.8 Å². The Morgan fingerprint density at radius 1 is 1.75 bits per heavy atom. The number of ether oxygens (including phenoxy) is 2. The van der Waals surface area contributed by atoms with Crippen LogP contribution in [0.5, 0.6) is 0 Å². The molecule has 12 heavy (non-hydrogen) atoms. The Hall–Kier alpha value is -0.830. The molecule has 0 N–H and O–H groups in total. The summed E-state index contributed by atoms with van der Waals surface area (Å²) in [4.78, 5) is 10.9. The van der Waals surface area contributed by atoms with E-state index in [0.29, 0.717) is 12.5 Å². The van der Waals surface area contributed by atoms with Gasteiger partial charge in [0, 0.05) is 6.08 Å². The summed E-state index contributed by atoms with van der Waals surface area (Å²) in [5.74, 6) is -0.0781. The lowest BCUT2D eigenvalue weighted by Gasteiger charge is -2.17. The highest BCUT2D eigenvalue weighted by molar-refractivity contribution is 5.81. The van der Waals surface area contributed by atoms with Crippen molar-refractivity contribution in [2.45, 2.75) is 26.1 Å². The van der Waals surface area contributed by atoms with Gasteiger partial charge >= 0.3 is 5.97 Å². The second-order valence-corrected chi connectivity index (χ2v) is 3.22. The number of rotatable bonds is 4. The first-order valence-electron chi connectivity index (χ1n) is 4.09. The van der Waals surface area contributed by atoms with Gasteiger partial charge in [0.05, 0.1) is 6.61 Å². The first-order chi connectivity index (χ1) is 5.65. The van der Waals surface area contributed by atoms with Gasteiger partial charge in [-0.15, -0.1) is 0 Å². The van der Waals surface area contributed by atoms with Crippen molar-refractivity contribution in [1.82, 2.24) is 0 Å². The van der Waals surface area contributed by atoms with Crippen molar-refractivity contribution >= 4 is 5.97 Å². The molecule has 1 rings (SSSR count). The van der Waals surface area contributed by atoms with Gasteiger partial charge in [-0.1, -0.05) is 20.4 Å². The number of carbonyl (C=O) groups excluding carboxylic acids is 1. The number of carbonyl (C=O) groups is 1. The van der Waals surface area contributed by atoms with E-state index in [9.17, 15) is 4.79 Å². The van der Waals surface area contributed by atoms with Crippen LogP contribution in [0.4, 0.5) is 0 Å². The van der Waals surface area contributed by atoms with Crippen LogP contribution in [0.3, 0.4) is 0 Å². The zero-order valence-electron chi connectivity index (χ0n) is 7.45. The minimum Gasteiger partial charge on any atom is -0.456 e. The van der Waals surface area contributed by atoms with Crippen molar-refractivity contribution in [1.29, 1.82) is 0 Å². The molecule has 3 nitrogen and oxygen atoms in total. The average Bonchev–Trinajstić information content (AvgIpc) is 2.81. The third kappa shape index (κ3) is 2.34. The van der Waals surface area contributed by atoms with E-state index >= 15 is 0 Å². The monoisotopic (exact) mass is 170 g/mol. The summed E-state index contributed by atoms with van der Waals surface area (Å²) in [6.45, 7) is 8.04. The molecule has 0 aromatic rings. The zero-order valence-corrected chi connectivity index (χ0v) is 7.45. The molecule has 68 valence electrons. The predicted octanol–water partition coefficient (Wildman–Crippen LogP) is 1.14. The molecule has 0 bridgehead atoms. The van der Waals surface area contributed by atoms with Gasteiger partial charge in [-0.2, -0.15) is 0 Å². The molecule has 0 aliphatic carbocycles. The maximum Gasteiger partial charge on any atom is 0.330 e. The molecule has 0 saturated carbocycles. The van der Waals surface area contributed by atoms with Crippen molar-refractivity contribution in [3.8, 4) is 0 Å². The molecule has 1 heterocycles.